The second-order valence-corrected chi connectivity index (χ2v) is 14.5. The Kier molecular flexibility index (Phi) is 6.38. The van der Waals surface area contributed by atoms with Crippen LogP contribution in [0.15, 0.2) is 53.3 Å². The van der Waals surface area contributed by atoms with Gasteiger partial charge in [-0.05, 0) is 86.8 Å². The minimum Gasteiger partial charge on any atom is -0.458 e. The number of para-hydroxylation sites is 1. The summed E-state index contributed by atoms with van der Waals surface area (Å²) in [6.07, 6.45) is 9.58. The van der Waals surface area contributed by atoms with E-state index >= 15 is 0 Å². The number of fused-ring (bicyclic) bond motifs is 8. The Morgan fingerprint density at radius 1 is 1.07 bits per heavy atom. The molecule has 3 aromatic rings. The number of amides is 1. The minimum absolute atomic E-state index is 0.0646. The van der Waals surface area contributed by atoms with Gasteiger partial charge in [-0.1, -0.05) is 25.1 Å². The number of ether oxygens (including phenoxy) is 1. The van der Waals surface area contributed by atoms with Gasteiger partial charge in [-0.2, -0.15) is 5.10 Å². The molecular formula is C35H40N4O6. The number of cyclic esters (lactones) is 1. The summed E-state index contributed by atoms with van der Waals surface area (Å²) >= 11 is 0. The van der Waals surface area contributed by atoms with Crippen LogP contribution in [0.3, 0.4) is 0 Å². The van der Waals surface area contributed by atoms with E-state index in [-0.39, 0.29) is 35.8 Å². The van der Waals surface area contributed by atoms with Gasteiger partial charge >= 0.3 is 5.97 Å². The van der Waals surface area contributed by atoms with Crippen LogP contribution < -0.4 is 5.43 Å². The molecule has 1 aromatic carbocycles. The number of carbonyl (C=O) groups is 2. The summed E-state index contributed by atoms with van der Waals surface area (Å²) in [6, 6.07) is 9.65. The average Bonchev–Trinajstić information content (AvgIpc) is 3.69. The number of nitrogens with zero attached hydrogens (tertiary/aromatic N) is 2. The van der Waals surface area contributed by atoms with Gasteiger partial charge in [0.1, 0.15) is 12.3 Å². The SMILES string of the molecule is CC12CCC3C(CCC4(O)CC(O)CCC34C=NNC(=O)c3cc4c(cn3)[nH]c3ccccc34)C1(O)CCC2C1=CC(=O)OC1. The van der Waals surface area contributed by atoms with Crippen molar-refractivity contribution in [3.8, 4) is 0 Å². The molecule has 8 atom stereocenters. The highest BCUT2D eigenvalue weighted by Gasteiger charge is 2.71. The van der Waals surface area contributed by atoms with E-state index in [1.807, 2.05) is 24.3 Å². The van der Waals surface area contributed by atoms with Crippen molar-refractivity contribution in [1.82, 2.24) is 15.4 Å². The van der Waals surface area contributed by atoms with E-state index in [4.69, 9.17) is 4.74 Å². The number of aromatic nitrogens is 2. The van der Waals surface area contributed by atoms with Gasteiger partial charge < -0.3 is 25.0 Å². The number of H-pyrrole nitrogens is 1. The monoisotopic (exact) mass is 612 g/mol. The second-order valence-electron chi connectivity index (χ2n) is 14.5. The van der Waals surface area contributed by atoms with Crippen molar-refractivity contribution in [2.75, 3.05) is 6.61 Å². The van der Waals surface area contributed by atoms with Gasteiger partial charge in [0.15, 0.2) is 0 Å². The van der Waals surface area contributed by atoms with Crippen molar-refractivity contribution >= 4 is 39.9 Å². The molecule has 4 aliphatic carbocycles. The summed E-state index contributed by atoms with van der Waals surface area (Å²) in [5, 5.41) is 41.9. The number of hydrogen-bond acceptors (Lipinski definition) is 8. The smallest absolute Gasteiger partial charge is 0.331 e. The van der Waals surface area contributed by atoms with Crippen LogP contribution in [0, 0.1) is 28.6 Å². The van der Waals surface area contributed by atoms with Crippen LogP contribution >= 0.6 is 0 Å². The fourth-order valence-electron chi connectivity index (χ4n) is 10.5. The van der Waals surface area contributed by atoms with E-state index < -0.39 is 34.0 Å². The third-order valence-electron chi connectivity index (χ3n) is 12.7. The lowest BCUT2D eigenvalue weighted by Crippen LogP contribution is -2.68. The molecule has 0 bridgehead atoms. The van der Waals surface area contributed by atoms with E-state index in [0.29, 0.717) is 38.7 Å². The van der Waals surface area contributed by atoms with Gasteiger partial charge in [0.2, 0.25) is 0 Å². The van der Waals surface area contributed by atoms with Gasteiger partial charge in [-0.25, -0.2) is 15.2 Å². The largest absolute Gasteiger partial charge is 0.458 e. The van der Waals surface area contributed by atoms with Crippen molar-refractivity contribution in [2.24, 2.45) is 33.7 Å². The zero-order valence-electron chi connectivity index (χ0n) is 25.5. The Morgan fingerprint density at radius 3 is 2.71 bits per heavy atom. The van der Waals surface area contributed by atoms with Crippen LogP contribution in [0.5, 0.6) is 0 Å². The first-order valence-corrected chi connectivity index (χ1v) is 16.3. The highest BCUT2D eigenvalue weighted by Crippen LogP contribution is 2.70. The first-order chi connectivity index (χ1) is 21.6. The summed E-state index contributed by atoms with van der Waals surface area (Å²) in [6.45, 7) is 2.45. The van der Waals surface area contributed by atoms with Crippen LogP contribution in [-0.4, -0.2) is 67.3 Å². The fourth-order valence-corrected chi connectivity index (χ4v) is 10.5. The highest BCUT2D eigenvalue weighted by molar-refractivity contribution is 6.09. The van der Waals surface area contributed by atoms with Crippen LogP contribution in [0.2, 0.25) is 0 Å². The number of nitrogens with one attached hydrogen (secondary N) is 2. The summed E-state index contributed by atoms with van der Waals surface area (Å²) in [4.78, 5) is 32.9. The number of hydrogen-bond donors (Lipinski definition) is 5. The summed E-state index contributed by atoms with van der Waals surface area (Å²) in [5.41, 5.74) is 2.27. The fraction of sp³-hybridized carbons (Fsp3) is 0.543. The number of aliphatic hydroxyl groups is 3. The molecule has 4 fully saturated rings. The molecule has 1 aliphatic heterocycles. The molecule has 45 heavy (non-hydrogen) atoms. The van der Waals surface area contributed by atoms with Gasteiger partial charge in [0, 0.05) is 45.8 Å². The Bertz CT molecular complexity index is 1780. The average molecular weight is 613 g/mol. The van der Waals surface area contributed by atoms with Gasteiger partial charge in [-0.3, -0.25) is 4.79 Å². The lowest BCUT2D eigenvalue weighted by atomic mass is 9.41. The number of rotatable bonds is 4. The number of aromatic amines is 1. The number of aliphatic hydroxyl groups excluding tert-OH is 1. The predicted octanol–water partition coefficient (Wildman–Crippen LogP) is 4.14. The molecule has 2 aromatic heterocycles. The zero-order chi connectivity index (χ0) is 31.2. The van der Waals surface area contributed by atoms with E-state index in [0.717, 1.165) is 46.6 Å². The van der Waals surface area contributed by atoms with Crippen LogP contribution in [0.1, 0.15) is 75.2 Å². The summed E-state index contributed by atoms with van der Waals surface area (Å²) in [7, 11) is 0. The highest BCUT2D eigenvalue weighted by atomic mass is 16.5. The molecule has 3 heterocycles. The Labute approximate surface area is 260 Å². The molecule has 0 spiro atoms. The predicted molar refractivity (Wildman–Crippen MR) is 167 cm³/mol. The summed E-state index contributed by atoms with van der Waals surface area (Å²) < 4.78 is 5.26. The van der Waals surface area contributed by atoms with Gasteiger partial charge in [0.25, 0.3) is 5.91 Å². The molecule has 10 heteroatoms. The molecular weight excluding hydrogens is 572 g/mol. The van der Waals surface area contributed by atoms with Crippen molar-refractivity contribution in [3.05, 3.63) is 53.9 Å². The third kappa shape index (κ3) is 4.04. The Hall–Kier alpha value is -3.60. The van der Waals surface area contributed by atoms with Gasteiger partial charge in [0.05, 0.1) is 29.0 Å². The third-order valence-corrected chi connectivity index (χ3v) is 12.7. The minimum atomic E-state index is -1.21. The molecule has 1 amide bonds. The van der Waals surface area contributed by atoms with E-state index in [1.165, 1.54) is 0 Å². The van der Waals surface area contributed by atoms with Crippen molar-refractivity contribution in [2.45, 2.75) is 82.0 Å². The first-order valence-electron chi connectivity index (χ1n) is 16.3. The molecule has 10 nitrogen and oxygen atoms in total. The molecule has 8 rings (SSSR count). The maximum atomic E-state index is 13.3. The quantitative estimate of drug-likeness (QED) is 0.168. The number of carbonyl (C=O) groups excluding carboxylic acids is 2. The summed E-state index contributed by atoms with van der Waals surface area (Å²) in [5.74, 6) is -0.873. The number of esters is 1. The first kappa shape index (κ1) is 28.8. The normalized spacial score (nSPS) is 39.4. The Balaban J connectivity index is 1.10. The lowest BCUT2D eigenvalue weighted by molar-refractivity contribution is -0.237. The lowest BCUT2D eigenvalue weighted by Gasteiger charge is -2.65. The molecule has 236 valence electrons. The number of benzene rings is 1. The molecule has 8 unspecified atom stereocenters. The van der Waals surface area contributed by atoms with Crippen LogP contribution in [-0.2, 0) is 9.53 Å². The number of pyridine rings is 1. The maximum Gasteiger partial charge on any atom is 0.331 e. The van der Waals surface area contributed by atoms with Gasteiger partial charge in [-0.15, -0.1) is 0 Å². The molecule has 0 radical (unpaired) electrons. The standard InChI is InChI=1S/C35H40N4O6/c1-32-10-7-25-26(35(32,44)13-9-24(32)20-14-30(41)45-18-20)8-12-34(43)16-21(40)6-11-33(25,34)19-37-39-31(42)28-15-23-22-4-2-3-5-27(22)38-29(23)17-36-28/h2-5,14-15,17,19,21,24-26,38,40,43-44H,6-13,16,18H2,1H3,(H,39,42). The molecule has 5 aliphatic rings. The van der Waals surface area contributed by atoms with E-state index in [1.54, 1.807) is 24.6 Å². The van der Waals surface area contributed by atoms with Crippen molar-refractivity contribution in [3.63, 3.8) is 0 Å². The van der Waals surface area contributed by atoms with Crippen molar-refractivity contribution < 1.29 is 29.6 Å². The van der Waals surface area contributed by atoms with E-state index in [9.17, 15) is 24.9 Å². The van der Waals surface area contributed by atoms with Crippen LogP contribution in [0.4, 0.5) is 0 Å². The topological polar surface area (TPSA) is 157 Å². The molecule has 4 saturated carbocycles. The van der Waals surface area contributed by atoms with E-state index in [2.05, 4.69) is 27.4 Å². The zero-order valence-corrected chi connectivity index (χ0v) is 25.5. The molecule has 0 saturated heterocycles. The Morgan fingerprint density at radius 2 is 1.89 bits per heavy atom. The van der Waals surface area contributed by atoms with Crippen LogP contribution in [0.25, 0.3) is 21.8 Å². The maximum absolute atomic E-state index is 13.3. The second kappa shape index (κ2) is 9.95. The van der Waals surface area contributed by atoms with Crippen molar-refractivity contribution in [1.29, 1.82) is 0 Å². The molecule has 5 N–H and O–H groups in total. The number of hydrazone groups is 1.